The van der Waals surface area contributed by atoms with Crippen LogP contribution in [0.15, 0.2) is 97.3 Å². The standard InChI is InChI=1S/C21H17S2.BF4/c1-3-7-20-18(5-1)22-19-6-2-4-8-21(19)23(20)17-13-11-16(12-14-17)15-9-10-15;2-1(3,4)5/h1-8,11-15H,9-10H2;/q+1;-1. The maximum atomic E-state index is 9.75. The van der Waals surface area contributed by atoms with Crippen molar-refractivity contribution in [2.75, 3.05) is 0 Å². The third kappa shape index (κ3) is 4.58. The quantitative estimate of drug-likeness (QED) is 0.185. The highest BCUT2D eigenvalue weighted by Gasteiger charge is 2.37. The predicted molar refractivity (Wildman–Crippen MR) is 108 cm³/mol. The fourth-order valence-electron chi connectivity index (χ4n) is 3.19. The Balaban J connectivity index is 0.000000346. The summed E-state index contributed by atoms with van der Waals surface area (Å²) in [6, 6.07) is 27.2. The van der Waals surface area contributed by atoms with Crippen molar-refractivity contribution in [2.45, 2.75) is 43.2 Å². The molecule has 0 amide bonds. The lowest BCUT2D eigenvalue weighted by Gasteiger charge is -2.18. The van der Waals surface area contributed by atoms with Crippen LogP contribution < -0.4 is 0 Å². The third-order valence-electron chi connectivity index (χ3n) is 4.52. The Hall–Kier alpha value is -1.86. The van der Waals surface area contributed by atoms with Crippen LogP contribution in [-0.2, 0) is 10.9 Å². The molecule has 144 valence electrons. The topological polar surface area (TPSA) is 0 Å². The van der Waals surface area contributed by atoms with E-state index in [0.29, 0.717) is 0 Å². The second kappa shape index (κ2) is 7.87. The Labute approximate surface area is 168 Å². The van der Waals surface area contributed by atoms with Gasteiger partial charge in [0.25, 0.3) is 0 Å². The van der Waals surface area contributed by atoms with Crippen molar-refractivity contribution < 1.29 is 17.3 Å². The maximum Gasteiger partial charge on any atom is 0.673 e. The highest BCUT2D eigenvalue weighted by Crippen LogP contribution is 2.48. The van der Waals surface area contributed by atoms with E-state index in [1.54, 1.807) is 0 Å². The van der Waals surface area contributed by atoms with E-state index in [9.17, 15) is 17.3 Å². The van der Waals surface area contributed by atoms with Crippen LogP contribution in [0.2, 0.25) is 0 Å². The molecule has 7 heteroatoms. The lowest BCUT2D eigenvalue weighted by Crippen LogP contribution is -2.10. The number of hydrogen-bond donors (Lipinski definition) is 0. The molecule has 0 N–H and O–H groups in total. The van der Waals surface area contributed by atoms with E-state index >= 15 is 0 Å². The first-order valence-electron chi connectivity index (χ1n) is 8.97. The molecule has 0 unspecified atom stereocenters. The summed E-state index contributed by atoms with van der Waals surface area (Å²) in [5.41, 5.74) is 1.52. The summed E-state index contributed by atoms with van der Waals surface area (Å²) in [4.78, 5) is 7.18. The van der Waals surface area contributed by atoms with Crippen LogP contribution in [0.4, 0.5) is 17.3 Å². The Kier molecular flexibility index (Phi) is 5.47. The van der Waals surface area contributed by atoms with Gasteiger partial charge in [0.2, 0.25) is 0 Å². The van der Waals surface area contributed by atoms with Gasteiger partial charge in [0.15, 0.2) is 14.7 Å². The Morgan fingerprint density at radius 1 is 0.714 bits per heavy atom. The van der Waals surface area contributed by atoms with Crippen molar-refractivity contribution in [1.29, 1.82) is 0 Å². The van der Waals surface area contributed by atoms with E-state index < -0.39 is 7.25 Å². The first-order valence-corrected chi connectivity index (χ1v) is 11.0. The molecule has 0 bridgehead atoms. The van der Waals surface area contributed by atoms with E-state index in [4.69, 9.17) is 0 Å². The maximum absolute atomic E-state index is 9.75. The van der Waals surface area contributed by atoms with Gasteiger partial charge in [-0.3, -0.25) is 0 Å². The van der Waals surface area contributed by atoms with E-state index in [0.717, 1.165) is 5.92 Å². The molecule has 3 aromatic carbocycles. The molecule has 28 heavy (non-hydrogen) atoms. The van der Waals surface area contributed by atoms with E-state index in [1.807, 2.05) is 11.8 Å². The molecule has 1 aliphatic heterocycles. The molecule has 0 spiro atoms. The van der Waals surface area contributed by atoms with Gasteiger partial charge in [0.05, 0.1) is 9.79 Å². The molecule has 3 aromatic rings. The Morgan fingerprint density at radius 2 is 1.18 bits per heavy atom. The fourth-order valence-corrected chi connectivity index (χ4v) is 6.93. The number of halogens is 4. The summed E-state index contributed by atoms with van der Waals surface area (Å²) < 4.78 is 39.0. The fraction of sp³-hybridized carbons (Fsp3) is 0.143. The zero-order chi connectivity index (χ0) is 19.7. The smallest absolute Gasteiger partial charge is 0.418 e. The SMILES string of the molecule is F[B-](F)(F)F.c1ccc2c(c1)Sc1ccccc1[S+]2c1ccc(C2CC2)cc1. The van der Waals surface area contributed by atoms with Crippen LogP contribution in [0.1, 0.15) is 24.3 Å². The zero-order valence-corrected chi connectivity index (χ0v) is 16.5. The normalized spacial score (nSPS) is 15.9. The van der Waals surface area contributed by atoms with Crippen LogP contribution in [0.5, 0.6) is 0 Å². The summed E-state index contributed by atoms with van der Waals surface area (Å²) >= 11 is 1.91. The molecular formula is C21H17BF4S2. The molecule has 1 heterocycles. The lowest BCUT2D eigenvalue weighted by atomic mass is 10.1. The molecule has 5 rings (SSSR count). The van der Waals surface area contributed by atoms with Crippen LogP contribution in [0, 0.1) is 0 Å². The van der Waals surface area contributed by atoms with Crippen molar-refractivity contribution in [3.8, 4) is 0 Å². The zero-order valence-electron chi connectivity index (χ0n) is 14.8. The predicted octanol–water partition coefficient (Wildman–Crippen LogP) is 7.42. The van der Waals surface area contributed by atoms with Crippen molar-refractivity contribution in [3.63, 3.8) is 0 Å². The summed E-state index contributed by atoms with van der Waals surface area (Å²) in [6.45, 7) is 0. The molecule has 1 saturated carbocycles. The van der Waals surface area contributed by atoms with Crippen LogP contribution >= 0.6 is 11.8 Å². The minimum Gasteiger partial charge on any atom is -0.418 e. The molecule has 1 fully saturated rings. The van der Waals surface area contributed by atoms with Gasteiger partial charge in [-0.2, -0.15) is 0 Å². The molecular weight excluding hydrogens is 403 g/mol. The molecule has 0 saturated heterocycles. The van der Waals surface area contributed by atoms with Gasteiger partial charge in [0, 0.05) is 0 Å². The number of benzene rings is 3. The van der Waals surface area contributed by atoms with Gasteiger partial charge >= 0.3 is 7.25 Å². The third-order valence-corrected chi connectivity index (χ3v) is 8.27. The Morgan fingerprint density at radius 3 is 1.64 bits per heavy atom. The second-order valence-corrected chi connectivity index (χ2v) is 9.69. The number of rotatable bonds is 2. The minimum atomic E-state index is -6.00. The highest BCUT2D eigenvalue weighted by molar-refractivity contribution is 8.04. The van der Waals surface area contributed by atoms with Crippen molar-refractivity contribution in [2.24, 2.45) is 0 Å². The lowest BCUT2D eigenvalue weighted by molar-refractivity contribution is 0.368. The summed E-state index contributed by atoms with van der Waals surface area (Å²) in [5.74, 6) is 0.828. The largest absolute Gasteiger partial charge is 0.673 e. The van der Waals surface area contributed by atoms with Gasteiger partial charge in [0.1, 0.15) is 10.9 Å². The monoisotopic (exact) mass is 420 g/mol. The number of fused-ring (bicyclic) bond motifs is 2. The number of hydrogen-bond acceptors (Lipinski definition) is 1. The van der Waals surface area contributed by atoms with Gasteiger partial charge in [-0.1, -0.05) is 48.2 Å². The van der Waals surface area contributed by atoms with Crippen molar-refractivity contribution >= 4 is 29.9 Å². The molecule has 0 atom stereocenters. The summed E-state index contributed by atoms with van der Waals surface area (Å²) in [5, 5.41) is 0. The van der Waals surface area contributed by atoms with Gasteiger partial charge in [-0.05, 0) is 60.7 Å². The average molecular weight is 420 g/mol. The van der Waals surface area contributed by atoms with Crippen LogP contribution in [-0.4, -0.2) is 7.25 Å². The van der Waals surface area contributed by atoms with Gasteiger partial charge in [-0.25, -0.2) is 0 Å². The molecule has 2 aliphatic rings. The molecule has 0 radical (unpaired) electrons. The Bertz CT molecular complexity index is 917. The van der Waals surface area contributed by atoms with Crippen LogP contribution in [0.25, 0.3) is 0 Å². The van der Waals surface area contributed by atoms with E-state index in [1.165, 1.54) is 42.9 Å². The van der Waals surface area contributed by atoms with Gasteiger partial charge < -0.3 is 17.3 Å². The first kappa shape index (κ1) is 19.5. The van der Waals surface area contributed by atoms with E-state index in [2.05, 4.69) is 72.8 Å². The summed E-state index contributed by atoms with van der Waals surface area (Å²) in [6.07, 6.45) is 2.74. The van der Waals surface area contributed by atoms with Gasteiger partial charge in [-0.15, -0.1) is 0 Å². The minimum absolute atomic E-state index is 0.0202. The van der Waals surface area contributed by atoms with E-state index in [-0.39, 0.29) is 10.9 Å². The summed E-state index contributed by atoms with van der Waals surface area (Å²) in [7, 11) is -5.98. The molecule has 0 nitrogen and oxygen atoms in total. The second-order valence-electron chi connectivity index (χ2n) is 6.64. The van der Waals surface area contributed by atoms with Crippen molar-refractivity contribution in [1.82, 2.24) is 0 Å². The first-order chi connectivity index (χ1) is 13.4. The van der Waals surface area contributed by atoms with Crippen molar-refractivity contribution in [3.05, 3.63) is 78.4 Å². The average Bonchev–Trinajstić information content (AvgIpc) is 3.50. The molecule has 0 aromatic heterocycles. The molecule has 1 aliphatic carbocycles. The van der Waals surface area contributed by atoms with Crippen LogP contribution in [0.3, 0.4) is 0 Å². The highest BCUT2D eigenvalue weighted by atomic mass is 32.2.